The molecule has 3 rings (SSSR count). The number of carbonyl (C=O) groups excluding carboxylic acids is 1. The van der Waals surface area contributed by atoms with Crippen LogP contribution in [0.5, 0.6) is 5.75 Å². The number of hydrogen-bond donors (Lipinski definition) is 1. The lowest BCUT2D eigenvalue weighted by Crippen LogP contribution is -2.11. The summed E-state index contributed by atoms with van der Waals surface area (Å²) in [6.45, 7) is 2.84. The third kappa shape index (κ3) is 6.87. The SMILES string of the molecule is CCCCCOc1ccc(C(=O)Nc2nnc(SCc3ccc(Cl)cc3Cl)s2)cc1. The molecule has 30 heavy (non-hydrogen) atoms. The lowest BCUT2D eigenvalue weighted by molar-refractivity contribution is 0.102. The Labute approximate surface area is 194 Å². The Bertz CT molecular complexity index is 981. The van der Waals surface area contributed by atoms with Gasteiger partial charge in [0.15, 0.2) is 4.34 Å². The topological polar surface area (TPSA) is 64.1 Å². The second-order valence-corrected chi connectivity index (χ2v) is 9.48. The number of halogens is 2. The van der Waals surface area contributed by atoms with Crippen LogP contribution in [0.4, 0.5) is 5.13 Å². The minimum absolute atomic E-state index is 0.235. The average Bonchev–Trinajstić information content (AvgIpc) is 3.18. The summed E-state index contributed by atoms with van der Waals surface area (Å²) in [5, 5.41) is 12.6. The Kier molecular flexibility index (Phi) is 8.81. The first-order valence-corrected chi connectivity index (χ1v) is 12.1. The predicted molar refractivity (Wildman–Crippen MR) is 125 cm³/mol. The highest BCUT2D eigenvalue weighted by Gasteiger charge is 2.12. The highest BCUT2D eigenvalue weighted by atomic mass is 35.5. The predicted octanol–water partition coefficient (Wildman–Crippen LogP) is 6.96. The van der Waals surface area contributed by atoms with Gasteiger partial charge in [-0.3, -0.25) is 10.1 Å². The van der Waals surface area contributed by atoms with Gasteiger partial charge in [0.2, 0.25) is 5.13 Å². The summed E-state index contributed by atoms with van der Waals surface area (Å²) >= 11 is 14.9. The zero-order valence-electron chi connectivity index (χ0n) is 16.4. The first-order valence-electron chi connectivity index (χ1n) is 9.49. The monoisotopic (exact) mass is 481 g/mol. The third-order valence-electron chi connectivity index (χ3n) is 4.13. The number of nitrogens with one attached hydrogen (secondary N) is 1. The van der Waals surface area contributed by atoms with Gasteiger partial charge in [0.25, 0.3) is 5.91 Å². The molecule has 0 aliphatic heterocycles. The van der Waals surface area contributed by atoms with E-state index in [0.717, 1.165) is 34.9 Å². The van der Waals surface area contributed by atoms with E-state index >= 15 is 0 Å². The fraction of sp³-hybridized carbons (Fsp3) is 0.286. The van der Waals surface area contributed by atoms with Crippen molar-refractivity contribution in [1.29, 1.82) is 0 Å². The number of unbranched alkanes of at least 4 members (excludes halogenated alkanes) is 2. The summed E-state index contributed by atoms with van der Waals surface area (Å²) in [7, 11) is 0. The second kappa shape index (κ2) is 11.6. The highest BCUT2D eigenvalue weighted by Crippen LogP contribution is 2.31. The quantitative estimate of drug-likeness (QED) is 0.192. The van der Waals surface area contributed by atoms with Crippen LogP contribution < -0.4 is 10.1 Å². The van der Waals surface area contributed by atoms with Gasteiger partial charge in [0, 0.05) is 21.4 Å². The van der Waals surface area contributed by atoms with Crippen molar-refractivity contribution in [2.75, 3.05) is 11.9 Å². The van der Waals surface area contributed by atoms with Gasteiger partial charge < -0.3 is 4.74 Å². The molecule has 158 valence electrons. The second-order valence-electron chi connectivity index (χ2n) is 6.43. The van der Waals surface area contributed by atoms with Crippen molar-refractivity contribution < 1.29 is 9.53 Å². The van der Waals surface area contributed by atoms with E-state index < -0.39 is 0 Å². The molecule has 1 amide bonds. The zero-order chi connectivity index (χ0) is 21.3. The van der Waals surface area contributed by atoms with E-state index in [1.807, 2.05) is 6.07 Å². The number of hydrogen-bond acceptors (Lipinski definition) is 6. The lowest BCUT2D eigenvalue weighted by atomic mass is 10.2. The summed E-state index contributed by atoms with van der Waals surface area (Å²) in [5.41, 5.74) is 1.50. The minimum atomic E-state index is -0.235. The van der Waals surface area contributed by atoms with Gasteiger partial charge in [-0.05, 0) is 48.4 Å². The van der Waals surface area contributed by atoms with Gasteiger partial charge in [-0.15, -0.1) is 10.2 Å². The smallest absolute Gasteiger partial charge is 0.257 e. The maximum atomic E-state index is 12.4. The molecule has 0 aliphatic carbocycles. The Morgan fingerprint density at radius 1 is 1.13 bits per heavy atom. The molecule has 0 radical (unpaired) electrons. The van der Waals surface area contributed by atoms with Crippen LogP contribution in [0.3, 0.4) is 0 Å². The van der Waals surface area contributed by atoms with Gasteiger partial charge >= 0.3 is 0 Å². The number of carbonyl (C=O) groups is 1. The largest absolute Gasteiger partial charge is 0.494 e. The summed E-state index contributed by atoms with van der Waals surface area (Å²) in [4.78, 5) is 12.4. The maximum Gasteiger partial charge on any atom is 0.257 e. The fourth-order valence-corrected chi connectivity index (χ4v) is 4.82. The number of benzene rings is 2. The molecule has 0 unspecified atom stereocenters. The number of amides is 1. The Morgan fingerprint density at radius 2 is 1.93 bits per heavy atom. The first kappa shape index (κ1) is 22.9. The van der Waals surface area contributed by atoms with Crippen molar-refractivity contribution in [2.45, 2.75) is 36.3 Å². The van der Waals surface area contributed by atoms with Crippen LogP contribution in [-0.2, 0) is 5.75 Å². The van der Waals surface area contributed by atoms with Crippen LogP contribution in [0, 0.1) is 0 Å². The summed E-state index contributed by atoms with van der Waals surface area (Å²) in [6, 6.07) is 12.5. The molecule has 3 aromatic rings. The van der Waals surface area contributed by atoms with Crippen LogP contribution in [0.1, 0.15) is 42.1 Å². The maximum absolute atomic E-state index is 12.4. The van der Waals surface area contributed by atoms with Crippen LogP contribution in [0.2, 0.25) is 10.0 Å². The van der Waals surface area contributed by atoms with Gasteiger partial charge in [-0.1, -0.05) is 72.1 Å². The molecular weight excluding hydrogens is 461 g/mol. The summed E-state index contributed by atoms with van der Waals surface area (Å²) in [5.74, 6) is 1.16. The molecule has 0 saturated heterocycles. The van der Waals surface area contributed by atoms with Gasteiger partial charge in [0.1, 0.15) is 5.75 Å². The standard InChI is InChI=1S/C21H21Cl2N3O2S2/c1-2-3-4-11-28-17-9-6-14(7-10-17)19(27)24-20-25-26-21(30-20)29-13-15-5-8-16(22)12-18(15)23/h5-10,12H,2-4,11,13H2,1H3,(H,24,25,27). The number of thioether (sulfide) groups is 1. The Balaban J connectivity index is 1.50. The number of nitrogens with zero attached hydrogens (tertiary/aromatic N) is 2. The number of anilines is 1. The molecule has 1 N–H and O–H groups in total. The zero-order valence-corrected chi connectivity index (χ0v) is 19.5. The molecule has 0 saturated carbocycles. The fourth-order valence-electron chi connectivity index (χ4n) is 2.51. The van der Waals surface area contributed by atoms with Gasteiger partial charge in [-0.25, -0.2) is 0 Å². The van der Waals surface area contributed by atoms with E-state index in [9.17, 15) is 4.79 Å². The van der Waals surface area contributed by atoms with Gasteiger partial charge in [0.05, 0.1) is 6.61 Å². The van der Waals surface area contributed by atoms with Crippen molar-refractivity contribution in [1.82, 2.24) is 10.2 Å². The molecule has 0 spiro atoms. The number of ether oxygens (including phenoxy) is 1. The van der Waals surface area contributed by atoms with Crippen LogP contribution >= 0.6 is 46.3 Å². The molecule has 9 heteroatoms. The number of aromatic nitrogens is 2. The van der Waals surface area contributed by atoms with E-state index in [0.29, 0.717) is 33.1 Å². The van der Waals surface area contributed by atoms with E-state index in [-0.39, 0.29) is 5.91 Å². The van der Waals surface area contributed by atoms with Gasteiger partial charge in [-0.2, -0.15) is 0 Å². The van der Waals surface area contributed by atoms with Crippen molar-refractivity contribution >= 4 is 57.3 Å². The van der Waals surface area contributed by atoms with Crippen LogP contribution in [0.15, 0.2) is 46.8 Å². The van der Waals surface area contributed by atoms with Crippen molar-refractivity contribution in [3.05, 3.63) is 63.6 Å². The van der Waals surface area contributed by atoms with E-state index in [4.69, 9.17) is 27.9 Å². The summed E-state index contributed by atoms with van der Waals surface area (Å²) < 4.78 is 6.41. The van der Waals surface area contributed by atoms with E-state index in [1.165, 1.54) is 23.1 Å². The lowest BCUT2D eigenvalue weighted by Gasteiger charge is -2.06. The first-order chi connectivity index (χ1) is 14.5. The number of rotatable bonds is 10. The Morgan fingerprint density at radius 3 is 2.67 bits per heavy atom. The van der Waals surface area contributed by atoms with Crippen molar-refractivity contribution in [2.24, 2.45) is 0 Å². The molecule has 0 bridgehead atoms. The van der Waals surface area contributed by atoms with E-state index in [2.05, 4.69) is 22.4 Å². The average molecular weight is 482 g/mol. The normalized spacial score (nSPS) is 10.8. The third-order valence-corrected chi connectivity index (χ3v) is 6.73. The highest BCUT2D eigenvalue weighted by molar-refractivity contribution is 8.00. The molecule has 1 aromatic heterocycles. The molecule has 0 atom stereocenters. The minimum Gasteiger partial charge on any atom is -0.494 e. The molecule has 5 nitrogen and oxygen atoms in total. The molecule has 0 aliphatic rings. The van der Waals surface area contributed by atoms with E-state index in [1.54, 1.807) is 36.4 Å². The molecule has 2 aromatic carbocycles. The molecule has 1 heterocycles. The van der Waals surface area contributed by atoms with Crippen molar-refractivity contribution in [3.8, 4) is 5.75 Å². The van der Waals surface area contributed by atoms with Crippen LogP contribution in [0.25, 0.3) is 0 Å². The molecular formula is C21H21Cl2N3O2S2. The van der Waals surface area contributed by atoms with Crippen LogP contribution in [-0.4, -0.2) is 22.7 Å². The summed E-state index contributed by atoms with van der Waals surface area (Å²) in [6.07, 6.45) is 3.33. The van der Waals surface area contributed by atoms with Crippen molar-refractivity contribution in [3.63, 3.8) is 0 Å². The molecule has 0 fully saturated rings. The Hall–Kier alpha value is -1.80.